The molecule has 0 aromatic carbocycles. The van der Waals surface area contributed by atoms with Crippen LogP contribution in [0.15, 0.2) is 48.6 Å². The van der Waals surface area contributed by atoms with Gasteiger partial charge in [-0.05, 0) is 32.1 Å². The minimum atomic E-state index is -1.05. The van der Waals surface area contributed by atoms with Crippen molar-refractivity contribution in [2.24, 2.45) is 0 Å². The standard InChI is InChI=1S/C43H76O7/c1-3-5-7-8-9-10-11-12-13-14-15-16-17-18-22-25-29-35-42(47)49-37-41(46)38-50-43(48)36-30-34-40(45)33-28-24-21-19-20-23-27-32-39(44)31-26-6-4-2/h20-21,23-24,27-28,32-33,39-41,44-46H,3-19,22,25-26,29-31,34-38H2,1-2H3/b23-20-,24-21-,32-27+,33-28+/t39-,40-,41-/m0/s1. The van der Waals surface area contributed by atoms with Crippen LogP contribution in [0.5, 0.6) is 0 Å². The minimum Gasteiger partial charge on any atom is -0.463 e. The van der Waals surface area contributed by atoms with Crippen LogP contribution < -0.4 is 0 Å². The zero-order chi connectivity index (χ0) is 36.8. The Balaban J connectivity index is 3.65. The SMILES string of the molecule is CCCCCCCCCCCCCCCCCCCC(=O)OC[C@H](O)COC(=O)CCC[C@@H](O)/C=C/C=C\C/C=C\C=C\[C@@H](O)CCCCC. The largest absolute Gasteiger partial charge is 0.463 e. The van der Waals surface area contributed by atoms with Crippen LogP contribution in [0, 0.1) is 0 Å². The van der Waals surface area contributed by atoms with Crippen LogP contribution in [0.4, 0.5) is 0 Å². The number of ether oxygens (including phenoxy) is 2. The maximum atomic E-state index is 12.0. The molecule has 7 nitrogen and oxygen atoms in total. The van der Waals surface area contributed by atoms with E-state index in [1.807, 2.05) is 36.5 Å². The number of aliphatic hydroxyl groups excluding tert-OH is 3. The van der Waals surface area contributed by atoms with E-state index in [2.05, 4.69) is 13.8 Å². The monoisotopic (exact) mass is 705 g/mol. The number of allylic oxidation sites excluding steroid dienone is 6. The summed E-state index contributed by atoms with van der Waals surface area (Å²) in [6.45, 7) is 4.01. The molecule has 0 aromatic heterocycles. The predicted octanol–water partition coefficient (Wildman–Crippen LogP) is 10.6. The fourth-order valence-electron chi connectivity index (χ4n) is 5.59. The van der Waals surface area contributed by atoms with Crippen molar-refractivity contribution in [3.8, 4) is 0 Å². The van der Waals surface area contributed by atoms with Gasteiger partial charge in [-0.15, -0.1) is 0 Å². The summed E-state index contributed by atoms with van der Waals surface area (Å²) in [5.41, 5.74) is 0. The molecule has 0 saturated heterocycles. The fourth-order valence-corrected chi connectivity index (χ4v) is 5.59. The van der Waals surface area contributed by atoms with Crippen molar-refractivity contribution in [3.63, 3.8) is 0 Å². The Morgan fingerprint density at radius 2 is 0.840 bits per heavy atom. The van der Waals surface area contributed by atoms with E-state index < -0.39 is 18.2 Å². The van der Waals surface area contributed by atoms with Crippen molar-refractivity contribution in [3.05, 3.63) is 48.6 Å². The van der Waals surface area contributed by atoms with Crippen molar-refractivity contribution in [1.29, 1.82) is 0 Å². The molecule has 0 amide bonds. The van der Waals surface area contributed by atoms with Gasteiger partial charge in [-0.2, -0.15) is 0 Å². The third kappa shape index (κ3) is 37.0. The van der Waals surface area contributed by atoms with E-state index in [-0.39, 0.29) is 31.7 Å². The molecular weight excluding hydrogens is 628 g/mol. The number of carbonyl (C=O) groups is 2. The average molecular weight is 705 g/mol. The van der Waals surface area contributed by atoms with Gasteiger partial charge in [0.15, 0.2) is 0 Å². The van der Waals surface area contributed by atoms with E-state index in [1.54, 1.807) is 12.2 Å². The molecule has 0 rings (SSSR count). The van der Waals surface area contributed by atoms with Crippen LogP contribution in [0.1, 0.15) is 181 Å². The zero-order valence-corrected chi connectivity index (χ0v) is 32.1. The first-order valence-electron chi connectivity index (χ1n) is 20.4. The Kier molecular flexibility index (Phi) is 36.3. The molecule has 50 heavy (non-hydrogen) atoms. The number of rotatable bonds is 36. The quantitative estimate of drug-likeness (QED) is 0.0338. The summed E-state index contributed by atoms with van der Waals surface area (Å²) in [6.07, 6.45) is 41.0. The molecule has 0 spiro atoms. The number of unbranched alkanes of at least 4 members (excludes halogenated alkanes) is 18. The van der Waals surface area contributed by atoms with Gasteiger partial charge in [0, 0.05) is 12.8 Å². The summed E-state index contributed by atoms with van der Waals surface area (Å²) >= 11 is 0. The molecule has 3 atom stereocenters. The van der Waals surface area contributed by atoms with Crippen molar-refractivity contribution >= 4 is 11.9 Å². The lowest BCUT2D eigenvalue weighted by molar-refractivity contribution is -0.152. The molecule has 0 saturated carbocycles. The molecule has 0 radical (unpaired) electrons. The summed E-state index contributed by atoms with van der Waals surface area (Å²) in [5.74, 6) is -0.782. The number of esters is 2. The highest BCUT2D eigenvalue weighted by molar-refractivity contribution is 5.69. The predicted molar refractivity (Wildman–Crippen MR) is 208 cm³/mol. The third-order valence-electron chi connectivity index (χ3n) is 8.78. The first-order valence-corrected chi connectivity index (χ1v) is 20.4. The lowest BCUT2D eigenvalue weighted by Crippen LogP contribution is -2.25. The Hall–Kier alpha value is -2.22. The maximum absolute atomic E-state index is 12.0. The highest BCUT2D eigenvalue weighted by atomic mass is 16.6. The van der Waals surface area contributed by atoms with Gasteiger partial charge in [0.05, 0.1) is 12.2 Å². The normalized spacial score (nSPS) is 13.9. The van der Waals surface area contributed by atoms with Gasteiger partial charge in [0.25, 0.3) is 0 Å². The van der Waals surface area contributed by atoms with Gasteiger partial charge in [-0.25, -0.2) is 0 Å². The molecule has 3 N–H and O–H groups in total. The van der Waals surface area contributed by atoms with Crippen LogP contribution in [0.2, 0.25) is 0 Å². The van der Waals surface area contributed by atoms with Crippen LogP contribution in [0.3, 0.4) is 0 Å². The molecule has 0 aromatic rings. The second kappa shape index (κ2) is 38.0. The number of carbonyl (C=O) groups excluding carboxylic acids is 2. The molecule has 0 bridgehead atoms. The Morgan fingerprint density at radius 1 is 0.480 bits per heavy atom. The fraction of sp³-hybridized carbons (Fsp3) is 0.767. The molecule has 0 aliphatic rings. The highest BCUT2D eigenvalue weighted by Gasteiger charge is 2.12. The molecule has 0 aliphatic heterocycles. The Bertz CT molecular complexity index is 878. The summed E-state index contributed by atoms with van der Waals surface area (Å²) in [5, 5.41) is 29.9. The van der Waals surface area contributed by atoms with Gasteiger partial charge in [-0.3, -0.25) is 9.59 Å². The van der Waals surface area contributed by atoms with Crippen molar-refractivity contribution in [1.82, 2.24) is 0 Å². The van der Waals surface area contributed by atoms with E-state index in [0.29, 0.717) is 19.3 Å². The van der Waals surface area contributed by atoms with Crippen molar-refractivity contribution in [2.75, 3.05) is 13.2 Å². The second-order valence-electron chi connectivity index (χ2n) is 13.8. The van der Waals surface area contributed by atoms with Gasteiger partial charge in [0.1, 0.15) is 19.3 Å². The Labute approximate surface area is 306 Å². The van der Waals surface area contributed by atoms with Crippen LogP contribution in [-0.4, -0.2) is 58.8 Å². The van der Waals surface area contributed by atoms with Crippen LogP contribution in [0.25, 0.3) is 0 Å². The molecule has 0 fully saturated rings. The van der Waals surface area contributed by atoms with Crippen LogP contribution in [-0.2, 0) is 19.1 Å². The van der Waals surface area contributed by atoms with Gasteiger partial charge < -0.3 is 24.8 Å². The smallest absolute Gasteiger partial charge is 0.305 e. The number of hydrogen-bond acceptors (Lipinski definition) is 7. The molecule has 7 heteroatoms. The van der Waals surface area contributed by atoms with Crippen molar-refractivity contribution < 1.29 is 34.4 Å². The minimum absolute atomic E-state index is 0.137. The van der Waals surface area contributed by atoms with Gasteiger partial charge in [0.2, 0.25) is 0 Å². The lowest BCUT2D eigenvalue weighted by atomic mass is 10.0. The van der Waals surface area contributed by atoms with E-state index in [1.165, 1.54) is 89.9 Å². The first-order chi connectivity index (χ1) is 24.4. The maximum Gasteiger partial charge on any atom is 0.305 e. The van der Waals surface area contributed by atoms with E-state index in [0.717, 1.165) is 51.4 Å². The first kappa shape index (κ1) is 47.8. The summed E-state index contributed by atoms with van der Waals surface area (Å²) in [4.78, 5) is 24.0. The van der Waals surface area contributed by atoms with E-state index in [9.17, 15) is 24.9 Å². The molecule has 290 valence electrons. The molecule has 0 unspecified atom stereocenters. The lowest BCUT2D eigenvalue weighted by Gasteiger charge is -2.12. The summed E-state index contributed by atoms with van der Waals surface area (Å²) < 4.78 is 10.2. The van der Waals surface area contributed by atoms with Gasteiger partial charge in [-0.1, -0.05) is 184 Å². The third-order valence-corrected chi connectivity index (χ3v) is 8.78. The van der Waals surface area contributed by atoms with Crippen LogP contribution >= 0.6 is 0 Å². The zero-order valence-electron chi connectivity index (χ0n) is 32.1. The molecular formula is C43H76O7. The van der Waals surface area contributed by atoms with E-state index in [4.69, 9.17) is 9.47 Å². The average Bonchev–Trinajstić information content (AvgIpc) is 3.10. The topological polar surface area (TPSA) is 113 Å². The highest BCUT2D eigenvalue weighted by Crippen LogP contribution is 2.14. The number of aliphatic hydroxyl groups is 3. The summed E-state index contributed by atoms with van der Waals surface area (Å²) in [7, 11) is 0. The Morgan fingerprint density at radius 3 is 1.28 bits per heavy atom. The van der Waals surface area contributed by atoms with Gasteiger partial charge >= 0.3 is 11.9 Å². The second-order valence-corrected chi connectivity index (χ2v) is 13.8. The molecule has 0 aliphatic carbocycles. The van der Waals surface area contributed by atoms with E-state index >= 15 is 0 Å². The van der Waals surface area contributed by atoms with Crippen molar-refractivity contribution in [2.45, 2.75) is 199 Å². The summed E-state index contributed by atoms with van der Waals surface area (Å²) in [6, 6.07) is 0. The molecule has 0 heterocycles. The number of hydrogen-bond donors (Lipinski definition) is 3.